The highest BCUT2D eigenvalue weighted by Crippen LogP contribution is 2.44. The second-order valence-electron chi connectivity index (χ2n) is 12.1. The van der Waals surface area contributed by atoms with Crippen molar-refractivity contribution in [1.82, 2.24) is 4.98 Å². The number of benzene rings is 1. The minimum atomic E-state index is -2.27. The molecule has 1 aromatic carbocycles. The van der Waals surface area contributed by atoms with Crippen LogP contribution in [-0.2, 0) is 13.9 Å². The number of hydrogen-bond donors (Lipinski definition) is 1. The third-order valence-corrected chi connectivity index (χ3v) is 12.6. The number of carbonyl (C=O) groups is 1. The van der Waals surface area contributed by atoms with E-state index in [-0.39, 0.29) is 22.9 Å². The van der Waals surface area contributed by atoms with E-state index in [1.54, 1.807) is 20.3 Å². The molecule has 0 radical (unpaired) electrons. The van der Waals surface area contributed by atoms with E-state index in [1.165, 1.54) is 13.2 Å². The van der Waals surface area contributed by atoms with Gasteiger partial charge in [0.2, 0.25) is 0 Å². The van der Waals surface area contributed by atoms with Crippen molar-refractivity contribution in [1.29, 1.82) is 0 Å². The molecule has 2 atom stereocenters. The quantitative estimate of drug-likeness (QED) is 0.190. The molecule has 0 aliphatic heterocycles. The Labute approximate surface area is 246 Å². The van der Waals surface area contributed by atoms with Gasteiger partial charge in [0.15, 0.2) is 8.32 Å². The maximum atomic E-state index is 12.0. The molecule has 3 rings (SSSR count). The summed E-state index contributed by atoms with van der Waals surface area (Å²) in [6, 6.07) is 7.19. The van der Waals surface area contributed by atoms with Crippen LogP contribution in [0.3, 0.4) is 0 Å². The molecule has 0 saturated heterocycles. The van der Waals surface area contributed by atoms with E-state index >= 15 is 0 Å². The lowest BCUT2D eigenvalue weighted by Gasteiger charge is -2.42. The van der Waals surface area contributed by atoms with Gasteiger partial charge in [0, 0.05) is 12.0 Å². The number of aromatic nitrogens is 1. The van der Waals surface area contributed by atoms with Gasteiger partial charge in [-0.1, -0.05) is 39.5 Å². The van der Waals surface area contributed by atoms with E-state index in [2.05, 4.69) is 50.7 Å². The molecule has 1 saturated carbocycles. The Hall–Kier alpha value is -3.06. The minimum Gasteiger partial charge on any atom is -0.496 e. The van der Waals surface area contributed by atoms with Gasteiger partial charge in [-0.15, -0.1) is 0 Å². The van der Waals surface area contributed by atoms with E-state index in [4.69, 9.17) is 29.1 Å². The Bertz CT molecular complexity index is 1250. The summed E-state index contributed by atoms with van der Waals surface area (Å²) >= 11 is 0. The summed E-state index contributed by atoms with van der Waals surface area (Å²) in [4.78, 5) is 16.3. The smallest absolute Gasteiger partial charge is 0.356 e. The Morgan fingerprint density at radius 3 is 2.24 bits per heavy atom. The summed E-state index contributed by atoms with van der Waals surface area (Å²) in [7, 11) is 2.37. The predicted molar refractivity (Wildman–Crippen MR) is 164 cm³/mol. The summed E-state index contributed by atoms with van der Waals surface area (Å²) in [5.41, 5.74) is 8.86. The van der Waals surface area contributed by atoms with Crippen molar-refractivity contribution in [2.75, 3.05) is 27.1 Å². The number of anilines is 1. The number of rotatable bonds is 10. The highest BCUT2D eigenvalue weighted by molar-refractivity contribution is 6.74. The highest BCUT2D eigenvalue weighted by Gasteiger charge is 2.42. The van der Waals surface area contributed by atoms with Crippen LogP contribution in [0.2, 0.25) is 18.1 Å². The topological polar surface area (TPSA) is 102 Å². The molecule has 0 unspecified atom stereocenters. The predicted octanol–water partition coefficient (Wildman–Crippen LogP) is 6.61. The molecule has 1 heterocycles. The van der Waals surface area contributed by atoms with Crippen LogP contribution in [0, 0.1) is 18.8 Å². The van der Waals surface area contributed by atoms with Crippen molar-refractivity contribution in [3.05, 3.63) is 46.8 Å². The van der Waals surface area contributed by atoms with Gasteiger partial charge in [0.1, 0.15) is 22.9 Å². The Balaban J connectivity index is 2.09. The second kappa shape index (κ2) is 13.7. The number of hydrogen-bond acceptors (Lipinski definition) is 8. The van der Waals surface area contributed by atoms with Crippen LogP contribution in [0.1, 0.15) is 86.3 Å². The average molecular weight is 583 g/mol. The minimum absolute atomic E-state index is 0.0274. The molecule has 0 spiro atoms. The second-order valence-corrected chi connectivity index (χ2v) is 16.8. The van der Waals surface area contributed by atoms with Gasteiger partial charge in [-0.2, -0.15) is 0 Å². The highest BCUT2D eigenvalue weighted by atomic mass is 28.4. The summed E-state index contributed by atoms with van der Waals surface area (Å²) in [5.74, 6) is 7.23. The molecular formula is C32H46N2O6Si. The summed E-state index contributed by atoms with van der Waals surface area (Å²) in [6.45, 7) is 13.1. The van der Waals surface area contributed by atoms with Crippen LogP contribution >= 0.6 is 0 Å². The van der Waals surface area contributed by atoms with E-state index in [1.807, 2.05) is 19.1 Å². The monoisotopic (exact) mass is 582 g/mol. The lowest BCUT2D eigenvalue weighted by atomic mass is 9.99. The van der Waals surface area contributed by atoms with Crippen LogP contribution < -0.4 is 15.2 Å². The molecule has 1 fully saturated rings. The Morgan fingerprint density at radius 2 is 1.71 bits per heavy atom. The molecule has 2 N–H and O–H groups in total. The number of nitrogens with two attached hydrogens (primary N) is 1. The molecule has 1 aromatic heterocycles. The van der Waals surface area contributed by atoms with Gasteiger partial charge >= 0.3 is 5.97 Å². The Kier molecular flexibility index (Phi) is 10.9. The first kappa shape index (κ1) is 32.5. The number of carbonyl (C=O) groups excluding carboxylic acids is 1. The van der Waals surface area contributed by atoms with Gasteiger partial charge in [0.25, 0.3) is 0 Å². The maximum Gasteiger partial charge on any atom is 0.356 e. The number of pyridine rings is 1. The fourth-order valence-electron chi connectivity index (χ4n) is 4.65. The van der Waals surface area contributed by atoms with Gasteiger partial charge in [-0.25, -0.2) is 9.78 Å². The zero-order valence-electron chi connectivity index (χ0n) is 26.1. The van der Waals surface area contributed by atoms with Crippen molar-refractivity contribution in [2.24, 2.45) is 0 Å². The number of ether oxygens (including phenoxy) is 4. The van der Waals surface area contributed by atoms with Crippen LogP contribution in [0.25, 0.3) is 0 Å². The van der Waals surface area contributed by atoms with E-state index in [0.29, 0.717) is 17.8 Å². The molecule has 1 aliphatic carbocycles. The van der Waals surface area contributed by atoms with Crippen molar-refractivity contribution >= 4 is 20.0 Å². The van der Waals surface area contributed by atoms with Crippen LogP contribution in [0.15, 0.2) is 24.3 Å². The number of esters is 1. The Morgan fingerprint density at radius 1 is 1.10 bits per heavy atom. The van der Waals surface area contributed by atoms with Gasteiger partial charge in [-0.3, -0.25) is 0 Å². The van der Waals surface area contributed by atoms with Crippen LogP contribution in [0.5, 0.6) is 11.5 Å². The standard InChI is InChI=1S/C32H46N2O6Si/c1-21-28(36-5)19-22(20-29(21)37-6)30(40-41(8,9)32(2,3)4)27(39-23-13-10-11-14-23)16-12-15-25-24(33)17-18-26(34-25)31(35)38-7/h17-20,23,27,30H,10-11,13-14,16,33H2,1-9H3/t27-,30+/m0/s1. The maximum absolute atomic E-state index is 12.0. The molecular weight excluding hydrogens is 536 g/mol. The lowest BCUT2D eigenvalue weighted by molar-refractivity contribution is -0.0682. The summed E-state index contributed by atoms with van der Waals surface area (Å²) in [6.07, 6.45) is 4.01. The fourth-order valence-corrected chi connectivity index (χ4v) is 5.92. The van der Waals surface area contributed by atoms with Crippen molar-refractivity contribution in [2.45, 2.75) is 96.2 Å². The fraction of sp³-hybridized carbons (Fsp3) is 0.562. The summed E-state index contributed by atoms with van der Waals surface area (Å²) in [5, 5.41) is -0.0274. The van der Waals surface area contributed by atoms with Gasteiger partial charge < -0.3 is 29.1 Å². The zero-order chi connectivity index (χ0) is 30.4. The first-order valence-electron chi connectivity index (χ1n) is 14.2. The molecule has 0 bridgehead atoms. The first-order valence-corrected chi connectivity index (χ1v) is 17.1. The third-order valence-electron chi connectivity index (χ3n) is 8.17. The van der Waals surface area contributed by atoms with E-state index in [9.17, 15) is 4.79 Å². The molecule has 0 amide bonds. The molecule has 9 heteroatoms. The molecule has 41 heavy (non-hydrogen) atoms. The SMILES string of the molecule is COC(=O)c1ccc(N)c(C#CC[C@H](OC2CCCC2)[C@H](O[Si](C)(C)C(C)(C)C)c2cc(OC)c(C)c(OC)c2)n1. The van der Waals surface area contributed by atoms with Crippen molar-refractivity contribution < 1.29 is 28.2 Å². The van der Waals surface area contributed by atoms with Crippen molar-refractivity contribution in [3.63, 3.8) is 0 Å². The number of nitrogen functional groups attached to an aromatic ring is 1. The van der Waals surface area contributed by atoms with Crippen LogP contribution in [-0.4, -0.2) is 52.8 Å². The van der Waals surface area contributed by atoms with Crippen molar-refractivity contribution in [3.8, 4) is 23.3 Å². The van der Waals surface area contributed by atoms with E-state index in [0.717, 1.165) is 48.3 Å². The first-order chi connectivity index (χ1) is 19.3. The summed E-state index contributed by atoms with van der Waals surface area (Å²) < 4.78 is 30.2. The molecule has 224 valence electrons. The number of nitrogens with zero attached hydrogens (tertiary/aromatic N) is 1. The normalized spacial score (nSPS) is 15.5. The third kappa shape index (κ3) is 8.03. The average Bonchev–Trinajstić information content (AvgIpc) is 3.44. The largest absolute Gasteiger partial charge is 0.496 e. The lowest BCUT2D eigenvalue weighted by Crippen LogP contribution is -2.44. The molecule has 2 aromatic rings. The van der Waals surface area contributed by atoms with Gasteiger partial charge in [0.05, 0.1) is 45.3 Å². The molecule has 8 nitrogen and oxygen atoms in total. The zero-order valence-corrected chi connectivity index (χ0v) is 27.1. The van der Waals surface area contributed by atoms with Gasteiger partial charge in [-0.05, 0) is 73.6 Å². The van der Waals surface area contributed by atoms with E-state index < -0.39 is 20.4 Å². The molecule has 1 aliphatic rings. The van der Waals surface area contributed by atoms with Crippen LogP contribution in [0.4, 0.5) is 5.69 Å². The number of methoxy groups -OCH3 is 3.